The van der Waals surface area contributed by atoms with Crippen LogP contribution in [0.2, 0.25) is 0 Å². The van der Waals surface area contributed by atoms with Crippen LogP contribution in [0.25, 0.3) is 0 Å². The number of hydrogen-bond acceptors (Lipinski definition) is 2. The number of halogens is 1. The van der Waals surface area contributed by atoms with Gasteiger partial charge in [-0.05, 0) is 37.9 Å². The lowest BCUT2D eigenvalue weighted by Crippen LogP contribution is -2.30. The summed E-state index contributed by atoms with van der Waals surface area (Å²) >= 11 is 0. The summed E-state index contributed by atoms with van der Waals surface area (Å²) in [4.78, 5) is 11.9. The smallest absolute Gasteiger partial charge is 0.179 e. The van der Waals surface area contributed by atoms with Crippen molar-refractivity contribution < 1.29 is 9.18 Å². The molecule has 1 aliphatic heterocycles. The van der Waals surface area contributed by atoms with E-state index >= 15 is 0 Å². The summed E-state index contributed by atoms with van der Waals surface area (Å²) in [5.74, 6) is -0.301. The minimum atomic E-state index is -0.307. The molecule has 1 unspecified atom stereocenters. The highest BCUT2D eigenvalue weighted by Gasteiger charge is 2.23. The summed E-state index contributed by atoms with van der Waals surface area (Å²) in [6, 6.07) is 4.56. The zero-order chi connectivity index (χ0) is 10.8. The number of benzene rings is 1. The molecule has 1 saturated heterocycles. The lowest BCUT2D eigenvalue weighted by molar-refractivity contribution is 0.0952. The maximum absolute atomic E-state index is 13.3. The molecule has 1 heterocycles. The highest BCUT2D eigenvalue weighted by atomic mass is 19.1. The quantitative estimate of drug-likeness (QED) is 0.752. The topological polar surface area (TPSA) is 29.1 Å². The number of carbonyl (C=O) groups excluding carboxylic acids is 1. The third-order valence-corrected chi connectivity index (χ3v) is 2.83. The van der Waals surface area contributed by atoms with Gasteiger partial charge in [-0.3, -0.25) is 4.79 Å². The summed E-state index contributed by atoms with van der Waals surface area (Å²) in [7, 11) is 0. The van der Waals surface area contributed by atoms with Crippen LogP contribution < -0.4 is 5.32 Å². The predicted octanol–water partition coefficient (Wildman–Crippen LogP) is 2.07. The summed E-state index contributed by atoms with van der Waals surface area (Å²) < 4.78 is 13.3. The highest BCUT2D eigenvalue weighted by molar-refractivity contribution is 6.00. The van der Waals surface area contributed by atoms with Gasteiger partial charge in [0.05, 0.1) is 6.04 Å². The molecule has 1 N–H and O–H groups in total. The van der Waals surface area contributed by atoms with Crippen molar-refractivity contribution in [1.82, 2.24) is 5.32 Å². The Labute approximate surface area is 88.5 Å². The molecule has 1 aromatic carbocycles. The Hall–Kier alpha value is -1.22. The SMILES string of the molecule is Cc1ccc(C(=O)C2CCCN2)cc1F. The van der Waals surface area contributed by atoms with Crippen LogP contribution >= 0.6 is 0 Å². The maximum Gasteiger partial charge on any atom is 0.179 e. The number of aryl methyl sites for hydroxylation is 1. The molecule has 0 saturated carbocycles. The van der Waals surface area contributed by atoms with E-state index in [1.165, 1.54) is 6.07 Å². The second kappa shape index (κ2) is 4.11. The van der Waals surface area contributed by atoms with Gasteiger partial charge in [0.25, 0.3) is 0 Å². The van der Waals surface area contributed by atoms with Crippen molar-refractivity contribution in [3.8, 4) is 0 Å². The zero-order valence-electron chi connectivity index (χ0n) is 8.72. The maximum atomic E-state index is 13.3. The van der Waals surface area contributed by atoms with Gasteiger partial charge in [0, 0.05) is 5.56 Å². The number of rotatable bonds is 2. The Morgan fingerprint density at radius 1 is 1.53 bits per heavy atom. The molecule has 0 aliphatic carbocycles. The first-order valence-corrected chi connectivity index (χ1v) is 5.22. The molecule has 1 atom stereocenters. The van der Waals surface area contributed by atoms with Gasteiger partial charge in [0.1, 0.15) is 5.82 Å². The molecule has 15 heavy (non-hydrogen) atoms. The molecule has 1 aliphatic rings. The van der Waals surface area contributed by atoms with Crippen molar-refractivity contribution in [2.24, 2.45) is 0 Å². The Kier molecular flexibility index (Phi) is 2.82. The van der Waals surface area contributed by atoms with Crippen molar-refractivity contribution in [2.45, 2.75) is 25.8 Å². The molecule has 0 aromatic heterocycles. The Balaban J connectivity index is 2.21. The highest BCUT2D eigenvalue weighted by Crippen LogP contribution is 2.15. The van der Waals surface area contributed by atoms with Crippen LogP contribution in [0, 0.1) is 12.7 Å². The van der Waals surface area contributed by atoms with Crippen molar-refractivity contribution in [1.29, 1.82) is 0 Å². The molecular formula is C12H14FNO. The summed E-state index contributed by atoms with van der Waals surface area (Å²) in [5.41, 5.74) is 1.04. The van der Waals surface area contributed by atoms with E-state index in [2.05, 4.69) is 5.32 Å². The van der Waals surface area contributed by atoms with E-state index in [-0.39, 0.29) is 17.6 Å². The molecule has 80 valence electrons. The average Bonchev–Trinajstić information content (AvgIpc) is 2.74. The van der Waals surface area contributed by atoms with E-state index in [9.17, 15) is 9.18 Å². The molecule has 3 heteroatoms. The summed E-state index contributed by atoms with van der Waals surface area (Å²) in [6.45, 7) is 2.57. The van der Waals surface area contributed by atoms with E-state index in [0.717, 1.165) is 19.4 Å². The molecule has 0 spiro atoms. The van der Waals surface area contributed by atoms with Gasteiger partial charge in [0.15, 0.2) is 5.78 Å². The molecule has 1 aromatic rings. The minimum Gasteiger partial charge on any atom is -0.307 e. The normalized spacial score (nSPS) is 20.5. The fraction of sp³-hybridized carbons (Fsp3) is 0.417. The van der Waals surface area contributed by atoms with E-state index in [0.29, 0.717) is 11.1 Å². The molecule has 0 amide bonds. The van der Waals surface area contributed by atoms with E-state index < -0.39 is 0 Å². The van der Waals surface area contributed by atoms with Gasteiger partial charge in [0.2, 0.25) is 0 Å². The first kappa shape index (κ1) is 10.3. The fourth-order valence-electron chi connectivity index (χ4n) is 1.86. The van der Waals surface area contributed by atoms with Crippen LogP contribution in [0.15, 0.2) is 18.2 Å². The standard InChI is InChI=1S/C12H14FNO/c1-8-4-5-9(7-10(8)13)12(15)11-3-2-6-14-11/h4-5,7,11,14H,2-3,6H2,1H3. The van der Waals surface area contributed by atoms with E-state index in [1.807, 2.05) is 0 Å². The van der Waals surface area contributed by atoms with Crippen LogP contribution in [-0.4, -0.2) is 18.4 Å². The molecule has 0 bridgehead atoms. The van der Waals surface area contributed by atoms with Gasteiger partial charge < -0.3 is 5.32 Å². The minimum absolute atomic E-state index is 0.00593. The monoisotopic (exact) mass is 207 g/mol. The summed E-state index contributed by atoms with van der Waals surface area (Å²) in [5, 5.41) is 3.12. The van der Waals surface area contributed by atoms with Gasteiger partial charge in [-0.2, -0.15) is 0 Å². The Morgan fingerprint density at radius 2 is 2.33 bits per heavy atom. The Bertz CT molecular complexity index is 383. The van der Waals surface area contributed by atoms with Crippen LogP contribution in [0.5, 0.6) is 0 Å². The second-order valence-corrected chi connectivity index (χ2v) is 3.98. The van der Waals surface area contributed by atoms with E-state index in [1.54, 1.807) is 19.1 Å². The van der Waals surface area contributed by atoms with Gasteiger partial charge >= 0.3 is 0 Å². The molecular weight excluding hydrogens is 193 g/mol. The number of Topliss-reactive ketones (excluding diaryl/α,β-unsaturated/α-hetero) is 1. The van der Waals surface area contributed by atoms with Gasteiger partial charge in [-0.25, -0.2) is 4.39 Å². The van der Waals surface area contributed by atoms with Crippen LogP contribution in [0.3, 0.4) is 0 Å². The lowest BCUT2D eigenvalue weighted by Gasteiger charge is -2.09. The third kappa shape index (κ3) is 2.07. The molecule has 2 rings (SSSR count). The number of hydrogen-bond donors (Lipinski definition) is 1. The number of carbonyl (C=O) groups is 1. The predicted molar refractivity (Wildman–Crippen MR) is 56.5 cm³/mol. The van der Waals surface area contributed by atoms with Crippen LogP contribution in [0.1, 0.15) is 28.8 Å². The lowest BCUT2D eigenvalue weighted by atomic mass is 10.0. The zero-order valence-corrected chi connectivity index (χ0v) is 8.72. The first-order valence-electron chi connectivity index (χ1n) is 5.22. The van der Waals surface area contributed by atoms with Gasteiger partial charge in [-0.15, -0.1) is 0 Å². The Morgan fingerprint density at radius 3 is 2.93 bits per heavy atom. The second-order valence-electron chi connectivity index (χ2n) is 3.98. The summed E-state index contributed by atoms with van der Waals surface area (Å²) in [6.07, 6.45) is 1.87. The fourth-order valence-corrected chi connectivity index (χ4v) is 1.86. The van der Waals surface area contributed by atoms with Crippen molar-refractivity contribution >= 4 is 5.78 Å². The number of nitrogens with one attached hydrogen (secondary N) is 1. The third-order valence-electron chi connectivity index (χ3n) is 2.83. The van der Waals surface area contributed by atoms with Crippen LogP contribution in [-0.2, 0) is 0 Å². The largest absolute Gasteiger partial charge is 0.307 e. The molecule has 1 fully saturated rings. The van der Waals surface area contributed by atoms with E-state index in [4.69, 9.17) is 0 Å². The average molecular weight is 207 g/mol. The van der Waals surface area contributed by atoms with Crippen molar-refractivity contribution in [3.63, 3.8) is 0 Å². The van der Waals surface area contributed by atoms with Gasteiger partial charge in [-0.1, -0.05) is 12.1 Å². The molecule has 0 radical (unpaired) electrons. The van der Waals surface area contributed by atoms with Crippen molar-refractivity contribution in [3.05, 3.63) is 35.1 Å². The first-order chi connectivity index (χ1) is 7.18. The van der Waals surface area contributed by atoms with Crippen LogP contribution in [0.4, 0.5) is 4.39 Å². The van der Waals surface area contributed by atoms with Crippen molar-refractivity contribution in [2.75, 3.05) is 6.54 Å². The molecule has 2 nitrogen and oxygen atoms in total. The number of ketones is 1.